The van der Waals surface area contributed by atoms with Crippen molar-refractivity contribution in [3.8, 4) is 0 Å². The first-order chi connectivity index (χ1) is 23.9. The van der Waals surface area contributed by atoms with Gasteiger partial charge in [0.15, 0.2) is 6.29 Å². The van der Waals surface area contributed by atoms with Crippen molar-refractivity contribution in [2.75, 3.05) is 30.0 Å². The normalized spacial score (nSPS) is 17.5. The fourth-order valence-corrected chi connectivity index (χ4v) is 6.08. The Labute approximate surface area is 289 Å². The summed E-state index contributed by atoms with van der Waals surface area (Å²) < 4.78 is 13.1. The van der Waals surface area contributed by atoms with E-state index in [0.717, 1.165) is 55.5 Å². The van der Waals surface area contributed by atoms with Crippen molar-refractivity contribution in [1.82, 2.24) is 4.90 Å². The van der Waals surface area contributed by atoms with E-state index in [4.69, 9.17) is 15.2 Å². The molecular weight excluding hydrogens is 616 g/mol. The van der Waals surface area contributed by atoms with Crippen LogP contribution in [0, 0.1) is 0 Å². The van der Waals surface area contributed by atoms with Crippen LogP contribution >= 0.6 is 0 Å². The molecule has 1 fully saturated rings. The SMILES string of the molecule is CN(Cc1ccccc1)CC1CC(c2ccc(CO)cc2)OC(c2cccc(NC(=O)CCCCCCC(=O)Nc3ccccc3N)c2)O1. The molecule has 4 aromatic rings. The number of hydrogen-bond acceptors (Lipinski definition) is 7. The van der Waals surface area contributed by atoms with Gasteiger partial charge in [0, 0.05) is 43.6 Å². The molecule has 0 aliphatic carbocycles. The number of para-hydroxylation sites is 2. The summed E-state index contributed by atoms with van der Waals surface area (Å²) in [6, 6.07) is 33.1. The smallest absolute Gasteiger partial charge is 0.224 e. The lowest BCUT2D eigenvalue weighted by molar-refractivity contribution is -0.252. The van der Waals surface area contributed by atoms with Crippen LogP contribution < -0.4 is 16.4 Å². The first-order valence-corrected chi connectivity index (χ1v) is 17.1. The summed E-state index contributed by atoms with van der Waals surface area (Å²) in [6.07, 6.45) is 3.82. The molecule has 9 nitrogen and oxygen atoms in total. The zero-order valence-electron chi connectivity index (χ0n) is 28.2. The van der Waals surface area contributed by atoms with E-state index < -0.39 is 6.29 Å². The number of carbonyl (C=O) groups is 2. The molecule has 5 rings (SSSR count). The number of aliphatic hydroxyl groups excluding tert-OH is 1. The molecule has 258 valence electrons. The van der Waals surface area contributed by atoms with Crippen molar-refractivity contribution >= 4 is 28.9 Å². The summed E-state index contributed by atoms with van der Waals surface area (Å²) in [7, 11) is 2.10. The van der Waals surface area contributed by atoms with Gasteiger partial charge in [-0.2, -0.15) is 0 Å². The number of aliphatic hydroxyl groups is 1. The molecule has 2 amide bonds. The van der Waals surface area contributed by atoms with Gasteiger partial charge in [0.25, 0.3) is 0 Å². The number of nitrogens with zero attached hydrogens (tertiary/aromatic N) is 1. The number of ether oxygens (including phenoxy) is 2. The third kappa shape index (κ3) is 11.3. The lowest BCUT2D eigenvalue weighted by atomic mass is 9.99. The Kier molecular flexibility index (Phi) is 13.3. The number of nitrogens with one attached hydrogen (secondary N) is 2. The number of rotatable bonds is 16. The van der Waals surface area contributed by atoms with Crippen molar-refractivity contribution in [2.45, 2.75) is 76.6 Å². The van der Waals surface area contributed by atoms with Crippen molar-refractivity contribution < 1.29 is 24.2 Å². The van der Waals surface area contributed by atoms with Gasteiger partial charge in [0.2, 0.25) is 11.8 Å². The molecule has 3 atom stereocenters. The van der Waals surface area contributed by atoms with Crippen LogP contribution in [0.15, 0.2) is 103 Å². The lowest BCUT2D eigenvalue weighted by Crippen LogP contribution is -2.37. The van der Waals surface area contributed by atoms with E-state index in [1.54, 1.807) is 12.1 Å². The molecule has 1 aliphatic rings. The molecule has 4 aromatic carbocycles. The molecule has 9 heteroatoms. The zero-order chi connectivity index (χ0) is 34.4. The number of hydrogen-bond donors (Lipinski definition) is 4. The number of nitrogen functional groups attached to an aromatic ring is 1. The van der Waals surface area contributed by atoms with Crippen LogP contribution in [0.4, 0.5) is 17.1 Å². The first kappa shape index (κ1) is 35.8. The van der Waals surface area contributed by atoms with Gasteiger partial charge in [-0.25, -0.2) is 0 Å². The van der Waals surface area contributed by atoms with Crippen LogP contribution in [0.3, 0.4) is 0 Å². The average Bonchev–Trinajstić information content (AvgIpc) is 3.11. The third-order valence-corrected chi connectivity index (χ3v) is 8.66. The molecule has 5 N–H and O–H groups in total. The number of unbranched alkanes of at least 4 members (excludes halogenated alkanes) is 3. The van der Waals surface area contributed by atoms with Crippen LogP contribution in [-0.4, -0.2) is 41.5 Å². The summed E-state index contributed by atoms with van der Waals surface area (Å²) >= 11 is 0. The quantitative estimate of drug-likeness (QED) is 0.0729. The Hall–Kier alpha value is -4.54. The Balaban J connectivity index is 1.12. The van der Waals surface area contributed by atoms with Crippen molar-refractivity contribution in [3.63, 3.8) is 0 Å². The van der Waals surface area contributed by atoms with Gasteiger partial charge in [0.05, 0.1) is 30.2 Å². The fraction of sp³-hybridized carbons (Fsp3) is 0.350. The molecule has 49 heavy (non-hydrogen) atoms. The molecule has 0 saturated carbocycles. The highest BCUT2D eigenvalue weighted by Crippen LogP contribution is 2.38. The van der Waals surface area contributed by atoms with Crippen LogP contribution in [0.5, 0.6) is 0 Å². The van der Waals surface area contributed by atoms with Gasteiger partial charge in [-0.1, -0.05) is 91.7 Å². The summed E-state index contributed by atoms with van der Waals surface area (Å²) in [5.41, 5.74) is 11.7. The second-order valence-electron chi connectivity index (χ2n) is 12.8. The maximum atomic E-state index is 12.8. The summed E-state index contributed by atoms with van der Waals surface area (Å²) in [4.78, 5) is 27.3. The lowest BCUT2D eigenvalue weighted by Gasteiger charge is -2.38. The Morgan fingerprint density at radius 1 is 0.776 bits per heavy atom. The van der Waals surface area contributed by atoms with Gasteiger partial charge in [-0.05, 0) is 60.8 Å². The van der Waals surface area contributed by atoms with Crippen LogP contribution in [0.1, 0.15) is 79.6 Å². The molecule has 0 bridgehead atoms. The highest BCUT2D eigenvalue weighted by atomic mass is 16.7. The number of likely N-dealkylation sites (N-methyl/N-ethyl adjacent to an activating group) is 1. The van der Waals surface area contributed by atoms with Crippen LogP contribution in [0.2, 0.25) is 0 Å². The second-order valence-corrected chi connectivity index (χ2v) is 12.8. The maximum absolute atomic E-state index is 12.8. The molecule has 0 radical (unpaired) electrons. The second kappa shape index (κ2) is 18.3. The molecule has 1 saturated heterocycles. The Morgan fingerprint density at radius 3 is 2.18 bits per heavy atom. The van der Waals surface area contributed by atoms with E-state index >= 15 is 0 Å². The summed E-state index contributed by atoms with van der Waals surface area (Å²) in [5, 5.41) is 15.4. The van der Waals surface area contributed by atoms with Crippen molar-refractivity contribution in [1.29, 1.82) is 0 Å². The number of anilines is 3. The minimum atomic E-state index is -0.612. The van der Waals surface area contributed by atoms with Gasteiger partial charge in [-0.3, -0.25) is 14.5 Å². The summed E-state index contributed by atoms with van der Waals surface area (Å²) in [6.45, 7) is 1.53. The highest BCUT2D eigenvalue weighted by Gasteiger charge is 2.33. The highest BCUT2D eigenvalue weighted by molar-refractivity contribution is 5.93. The molecular formula is C40H48N4O5. The van der Waals surface area contributed by atoms with Gasteiger partial charge < -0.3 is 30.9 Å². The molecule has 3 unspecified atom stereocenters. The number of amides is 2. The maximum Gasteiger partial charge on any atom is 0.224 e. The summed E-state index contributed by atoms with van der Waals surface area (Å²) in [5.74, 6) is -0.111. The van der Waals surface area contributed by atoms with Crippen LogP contribution in [0.25, 0.3) is 0 Å². The number of benzene rings is 4. The minimum Gasteiger partial charge on any atom is -0.397 e. The first-order valence-electron chi connectivity index (χ1n) is 17.1. The van der Waals surface area contributed by atoms with Gasteiger partial charge in [0.1, 0.15) is 0 Å². The predicted molar refractivity (Wildman–Crippen MR) is 193 cm³/mol. The van der Waals surface area contributed by atoms with Crippen molar-refractivity contribution in [3.05, 3.63) is 125 Å². The molecule has 0 aromatic heterocycles. The fourth-order valence-electron chi connectivity index (χ4n) is 6.08. The van der Waals surface area contributed by atoms with E-state index in [1.807, 2.05) is 66.7 Å². The van der Waals surface area contributed by atoms with E-state index in [9.17, 15) is 14.7 Å². The van der Waals surface area contributed by atoms with E-state index in [0.29, 0.717) is 36.3 Å². The molecule has 1 heterocycles. The number of nitrogens with two attached hydrogens (primary N) is 1. The number of carbonyl (C=O) groups excluding carboxylic acids is 2. The zero-order valence-corrected chi connectivity index (χ0v) is 28.2. The van der Waals surface area contributed by atoms with E-state index in [2.05, 4.69) is 46.8 Å². The standard InChI is InChI=1S/C40H48N4O5/c1-44(26-29-12-5-4-6-13-29)27-34-25-37(31-22-20-30(28-45)21-23-31)49-40(48-34)32-14-11-15-33(24-32)42-38(46)18-7-2-3-8-19-39(47)43-36-17-10-9-16-35(36)41/h4-6,9-17,20-24,34,37,40,45H,2-3,7-8,18-19,25-28,41H2,1H3,(H,42,46)(H,43,47). The largest absolute Gasteiger partial charge is 0.397 e. The Bertz CT molecular complexity index is 1630. The average molecular weight is 665 g/mol. The molecule has 1 aliphatic heterocycles. The predicted octanol–water partition coefficient (Wildman–Crippen LogP) is 7.36. The molecule has 0 spiro atoms. The Morgan fingerprint density at radius 2 is 1.47 bits per heavy atom. The third-order valence-electron chi connectivity index (χ3n) is 8.66. The monoisotopic (exact) mass is 664 g/mol. The van der Waals surface area contributed by atoms with Gasteiger partial charge >= 0.3 is 0 Å². The van der Waals surface area contributed by atoms with Gasteiger partial charge in [-0.15, -0.1) is 0 Å². The van der Waals surface area contributed by atoms with E-state index in [-0.39, 0.29) is 30.6 Å². The van der Waals surface area contributed by atoms with Crippen LogP contribution in [-0.2, 0) is 32.2 Å². The topological polar surface area (TPSA) is 126 Å². The van der Waals surface area contributed by atoms with E-state index in [1.165, 1.54) is 5.56 Å². The van der Waals surface area contributed by atoms with Crippen molar-refractivity contribution in [2.24, 2.45) is 0 Å². The minimum absolute atomic E-state index is 0.00681.